The van der Waals surface area contributed by atoms with E-state index < -0.39 is 10.0 Å². The molecular weight excluding hydrogens is 491 g/mol. The van der Waals surface area contributed by atoms with Crippen LogP contribution in [-0.2, 0) is 14.8 Å². The second-order valence-electron chi connectivity index (χ2n) is 8.73. The van der Waals surface area contributed by atoms with Crippen molar-refractivity contribution in [3.63, 3.8) is 0 Å². The Morgan fingerprint density at radius 1 is 1.17 bits per heavy atom. The Kier molecular flexibility index (Phi) is 6.67. The molecule has 0 saturated carbocycles. The molecule has 0 atom stereocenters. The van der Waals surface area contributed by atoms with Crippen LogP contribution in [0.2, 0.25) is 0 Å². The Balaban J connectivity index is 1.12. The van der Waals surface area contributed by atoms with E-state index in [1.54, 1.807) is 13.0 Å². The van der Waals surface area contributed by atoms with E-state index in [9.17, 15) is 17.6 Å². The third kappa shape index (κ3) is 4.99. The highest BCUT2D eigenvalue weighted by Crippen LogP contribution is 2.38. The van der Waals surface area contributed by atoms with Crippen LogP contribution in [0.3, 0.4) is 0 Å². The molecule has 1 aromatic heterocycles. The predicted molar refractivity (Wildman–Crippen MR) is 136 cm³/mol. The molecule has 3 aromatic rings. The van der Waals surface area contributed by atoms with Crippen molar-refractivity contribution in [3.05, 3.63) is 47.8 Å². The first kappa shape index (κ1) is 24.0. The molecule has 35 heavy (non-hydrogen) atoms. The molecule has 11 heteroatoms. The number of sulfonamides is 1. The number of fused-ring (bicyclic) bond motifs is 2. The number of carbonyl (C=O) groups excluding carboxylic acids is 1. The van der Waals surface area contributed by atoms with Crippen molar-refractivity contribution in [2.75, 3.05) is 56.1 Å². The fourth-order valence-electron chi connectivity index (χ4n) is 4.56. The molecule has 0 radical (unpaired) electrons. The number of hydrogen-bond acceptors (Lipinski definition) is 7. The average molecular weight is 519 g/mol. The molecule has 0 spiro atoms. The van der Waals surface area contributed by atoms with Crippen molar-refractivity contribution in [2.45, 2.75) is 17.6 Å². The van der Waals surface area contributed by atoms with E-state index in [1.165, 1.54) is 23.5 Å². The standard InChI is InChI=1S/C24H27FN4O4S2/c1-16-18-14-17(25)6-7-21(18)34-24(16)35(31,32)26-8-3-9-28-10-12-29(13-11-28)20-5-2-4-19-23(20)33-15-22(30)27-19/h2,4-7,14,26H,3,8-13,15H2,1H3,(H,27,30). The minimum Gasteiger partial charge on any atom is -0.479 e. The molecule has 5 rings (SSSR count). The number of nitrogens with zero attached hydrogens (tertiary/aromatic N) is 2. The highest BCUT2D eigenvalue weighted by Gasteiger charge is 2.25. The summed E-state index contributed by atoms with van der Waals surface area (Å²) >= 11 is 1.17. The van der Waals surface area contributed by atoms with Crippen molar-refractivity contribution in [1.29, 1.82) is 0 Å². The third-order valence-electron chi connectivity index (χ3n) is 6.37. The van der Waals surface area contributed by atoms with Crippen molar-refractivity contribution in [2.24, 2.45) is 0 Å². The normalized spacial score (nSPS) is 16.7. The van der Waals surface area contributed by atoms with Crippen LogP contribution in [-0.4, -0.2) is 65.1 Å². The molecule has 0 bridgehead atoms. The lowest BCUT2D eigenvalue weighted by Gasteiger charge is -2.37. The van der Waals surface area contributed by atoms with Crippen LogP contribution in [0.5, 0.6) is 5.75 Å². The van der Waals surface area contributed by atoms with Crippen LogP contribution in [0.25, 0.3) is 10.1 Å². The number of ether oxygens (including phenoxy) is 1. The zero-order chi connectivity index (χ0) is 24.6. The summed E-state index contributed by atoms with van der Waals surface area (Å²) in [6, 6.07) is 10.1. The zero-order valence-electron chi connectivity index (χ0n) is 19.3. The first-order chi connectivity index (χ1) is 16.8. The van der Waals surface area contributed by atoms with Gasteiger partial charge in [0.05, 0.1) is 11.4 Å². The lowest BCUT2D eigenvalue weighted by molar-refractivity contribution is -0.118. The highest BCUT2D eigenvalue weighted by molar-refractivity contribution is 7.91. The second kappa shape index (κ2) is 9.73. The van der Waals surface area contributed by atoms with Gasteiger partial charge >= 0.3 is 0 Å². The number of para-hydroxylation sites is 1. The Morgan fingerprint density at radius 3 is 2.77 bits per heavy atom. The molecule has 0 aliphatic carbocycles. The quantitative estimate of drug-likeness (QED) is 0.467. The van der Waals surface area contributed by atoms with Crippen LogP contribution in [0.15, 0.2) is 40.6 Å². The van der Waals surface area contributed by atoms with Gasteiger partial charge in [-0.25, -0.2) is 17.5 Å². The number of benzene rings is 2. The molecule has 2 aliphatic rings. The molecule has 186 valence electrons. The van der Waals surface area contributed by atoms with Crippen LogP contribution in [0.1, 0.15) is 12.0 Å². The Bertz CT molecular complexity index is 1370. The number of amides is 1. The topological polar surface area (TPSA) is 91.0 Å². The van der Waals surface area contributed by atoms with Gasteiger partial charge in [-0.2, -0.15) is 0 Å². The third-order valence-corrected chi connectivity index (χ3v) is 9.72. The molecule has 1 saturated heterocycles. The maximum absolute atomic E-state index is 13.6. The van der Waals surface area contributed by atoms with E-state index in [1.807, 2.05) is 18.2 Å². The van der Waals surface area contributed by atoms with Gasteiger partial charge in [0.2, 0.25) is 10.0 Å². The predicted octanol–water partition coefficient (Wildman–Crippen LogP) is 3.17. The van der Waals surface area contributed by atoms with Gasteiger partial charge in [0.1, 0.15) is 10.0 Å². The minimum absolute atomic E-state index is 0.0256. The molecule has 2 aliphatic heterocycles. The second-order valence-corrected chi connectivity index (χ2v) is 11.7. The number of nitrogens with one attached hydrogen (secondary N) is 2. The van der Waals surface area contributed by atoms with Gasteiger partial charge in [-0.3, -0.25) is 9.69 Å². The minimum atomic E-state index is -3.65. The smallest absolute Gasteiger partial charge is 0.262 e. The first-order valence-electron chi connectivity index (χ1n) is 11.5. The van der Waals surface area contributed by atoms with Gasteiger partial charge in [-0.1, -0.05) is 6.07 Å². The number of anilines is 2. The average Bonchev–Trinajstić information content (AvgIpc) is 3.18. The fourth-order valence-corrected chi connectivity index (χ4v) is 7.43. The number of aryl methyl sites for hydroxylation is 1. The summed E-state index contributed by atoms with van der Waals surface area (Å²) in [5.41, 5.74) is 2.26. The maximum Gasteiger partial charge on any atom is 0.262 e. The summed E-state index contributed by atoms with van der Waals surface area (Å²) in [5.74, 6) is 0.197. The monoisotopic (exact) mass is 518 g/mol. The highest BCUT2D eigenvalue weighted by atomic mass is 32.2. The van der Waals surface area contributed by atoms with Crippen molar-refractivity contribution < 1.29 is 22.3 Å². The van der Waals surface area contributed by atoms with E-state index in [4.69, 9.17) is 4.74 Å². The number of carbonyl (C=O) groups is 1. The summed E-state index contributed by atoms with van der Waals surface area (Å²) in [6.07, 6.45) is 0.688. The largest absolute Gasteiger partial charge is 0.479 e. The number of thiophene rings is 1. The first-order valence-corrected chi connectivity index (χ1v) is 13.8. The molecule has 3 heterocycles. The van der Waals surface area contributed by atoms with Gasteiger partial charge < -0.3 is 15.0 Å². The van der Waals surface area contributed by atoms with E-state index in [0.717, 1.165) is 43.1 Å². The Labute approximate surface area is 207 Å². The molecular formula is C24H27FN4O4S2. The summed E-state index contributed by atoms with van der Waals surface area (Å²) < 4.78 is 48.6. The molecule has 1 fully saturated rings. The number of halogens is 1. The molecule has 2 N–H and O–H groups in total. The molecule has 2 aromatic carbocycles. The summed E-state index contributed by atoms with van der Waals surface area (Å²) in [4.78, 5) is 16.1. The van der Waals surface area contributed by atoms with Gasteiger partial charge in [0.25, 0.3) is 5.91 Å². The number of hydrogen-bond donors (Lipinski definition) is 2. The van der Waals surface area contributed by atoms with Gasteiger partial charge in [0.15, 0.2) is 12.4 Å². The lowest BCUT2D eigenvalue weighted by Crippen LogP contribution is -2.47. The fraction of sp³-hybridized carbons (Fsp3) is 0.375. The van der Waals surface area contributed by atoms with E-state index in [0.29, 0.717) is 35.4 Å². The Hall–Kier alpha value is -2.73. The van der Waals surface area contributed by atoms with Crippen LogP contribution < -0.4 is 19.7 Å². The van der Waals surface area contributed by atoms with Crippen LogP contribution >= 0.6 is 11.3 Å². The van der Waals surface area contributed by atoms with Crippen molar-refractivity contribution >= 4 is 48.7 Å². The lowest BCUT2D eigenvalue weighted by atomic mass is 10.2. The van der Waals surface area contributed by atoms with Crippen molar-refractivity contribution in [3.8, 4) is 5.75 Å². The molecule has 1 amide bonds. The molecule has 8 nitrogen and oxygen atoms in total. The summed E-state index contributed by atoms with van der Waals surface area (Å²) in [6.45, 7) is 6.20. The summed E-state index contributed by atoms with van der Waals surface area (Å²) in [5, 5.41) is 3.49. The van der Waals surface area contributed by atoms with Crippen LogP contribution in [0, 0.1) is 12.7 Å². The number of rotatable bonds is 7. The van der Waals surface area contributed by atoms with Gasteiger partial charge in [-0.05, 0) is 61.2 Å². The van der Waals surface area contributed by atoms with E-state index in [-0.39, 0.29) is 22.5 Å². The van der Waals surface area contributed by atoms with E-state index in [2.05, 4.69) is 19.8 Å². The van der Waals surface area contributed by atoms with Crippen LogP contribution in [0.4, 0.5) is 15.8 Å². The zero-order valence-corrected chi connectivity index (χ0v) is 21.0. The van der Waals surface area contributed by atoms with Crippen molar-refractivity contribution in [1.82, 2.24) is 9.62 Å². The Morgan fingerprint density at radius 2 is 1.97 bits per heavy atom. The molecule has 0 unspecified atom stereocenters. The maximum atomic E-state index is 13.6. The van der Waals surface area contributed by atoms with E-state index >= 15 is 0 Å². The van der Waals surface area contributed by atoms with Gasteiger partial charge in [0, 0.05) is 37.4 Å². The number of piperazine rings is 1. The summed E-state index contributed by atoms with van der Waals surface area (Å²) in [7, 11) is -3.65. The van der Waals surface area contributed by atoms with Gasteiger partial charge in [-0.15, -0.1) is 11.3 Å². The SMILES string of the molecule is Cc1c(S(=O)(=O)NCCCN2CCN(c3cccc4c3OCC(=O)N4)CC2)sc2ccc(F)cc12.